The lowest BCUT2D eigenvalue weighted by atomic mass is 10.2. The van der Waals surface area contributed by atoms with E-state index in [2.05, 4.69) is 25.9 Å². The molecule has 0 saturated heterocycles. The van der Waals surface area contributed by atoms with E-state index in [1.54, 1.807) is 48.5 Å². The summed E-state index contributed by atoms with van der Waals surface area (Å²) in [5, 5.41) is 9.17. The van der Waals surface area contributed by atoms with Gasteiger partial charge < -0.3 is 16.0 Å². The Morgan fingerprint density at radius 2 is 1.68 bits per heavy atom. The number of benzene rings is 2. The van der Waals surface area contributed by atoms with Crippen LogP contribution in [0.2, 0.25) is 5.02 Å². The van der Waals surface area contributed by atoms with Gasteiger partial charge in [0.2, 0.25) is 5.91 Å². The third-order valence-electron chi connectivity index (χ3n) is 3.89. The second-order valence-corrected chi connectivity index (χ2v) is 6.45. The third kappa shape index (κ3) is 4.83. The van der Waals surface area contributed by atoms with Crippen molar-refractivity contribution in [2.75, 3.05) is 16.0 Å². The number of carbonyl (C=O) groups is 2. The molecule has 0 aliphatic carbocycles. The van der Waals surface area contributed by atoms with Crippen molar-refractivity contribution in [2.45, 2.75) is 13.8 Å². The van der Waals surface area contributed by atoms with Crippen LogP contribution in [0.1, 0.15) is 23.0 Å². The summed E-state index contributed by atoms with van der Waals surface area (Å²) in [6, 6.07) is 14.0. The van der Waals surface area contributed by atoms with E-state index in [4.69, 9.17) is 11.6 Å². The first-order valence-corrected chi connectivity index (χ1v) is 8.83. The number of nitrogens with one attached hydrogen (secondary N) is 3. The predicted molar refractivity (Wildman–Crippen MR) is 110 cm³/mol. The van der Waals surface area contributed by atoms with Crippen molar-refractivity contribution in [3.05, 3.63) is 71.1 Å². The Balaban J connectivity index is 1.72. The largest absolute Gasteiger partial charge is 0.340 e. The maximum Gasteiger partial charge on any atom is 0.274 e. The quantitative estimate of drug-likeness (QED) is 0.595. The third-order valence-corrected chi connectivity index (χ3v) is 4.30. The summed E-state index contributed by atoms with van der Waals surface area (Å²) >= 11 is 6.09. The zero-order valence-electron chi connectivity index (χ0n) is 15.3. The number of halogens is 1. The van der Waals surface area contributed by atoms with E-state index in [1.165, 1.54) is 13.3 Å². The van der Waals surface area contributed by atoms with Crippen LogP contribution in [-0.2, 0) is 4.79 Å². The lowest BCUT2D eigenvalue weighted by Crippen LogP contribution is -2.15. The van der Waals surface area contributed by atoms with Gasteiger partial charge in [0.15, 0.2) is 0 Å². The standard InChI is InChI=1S/C20H18ClN5O2/c1-12-16(21)4-3-5-17(12)26-20(28)18-10-19(23-11-22-18)25-15-8-6-14(7-9-15)24-13(2)27/h3-11H,1-2H3,(H,24,27)(H,26,28)(H,22,23,25). The normalized spacial score (nSPS) is 10.2. The van der Waals surface area contributed by atoms with Crippen molar-refractivity contribution in [1.82, 2.24) is 9.97 Å². The molecule has 0 aliphatic rings. The van der Waals surface area contributed by atoms with E-state index >= 15 is 0 Å². The smallest absolute Gasteiger partial charge is 0.274 e. The zero-order chi connectivity index (χ0) is 20.1. The molecular weight excluding hydrogens is 378 g/mol. The number of aromatic nitrogens is 2. The fourth-order valence-corrected chi connectivity index (χ4v) is 2.64. The van der Waals surface area contributed by atoms with Crippen molar-refractivity contribution in [2.24, 2.45) is 0 Å². The molecule has 3 N–H and O–H groups in total. The molecule has 8 heteroatoms. The SMILES string of the molecule is CC(=O)Nc1ccc(Nc2cc(C(=O)Nc3cccc(Cl)c3C)ncn2)cc1. The first-order valence-electron chi connectivity index (χ1n) is 8.45. The molecule has 3 aromatic rings. The minimum atomic E-state index is -0.364. The molecule has 0 fully saturated rings. The van der Waals surface area contributed by atoms with Crippen LogP contribution in [0.4, 0.5) is 22.9 Å². The molecule has 0 radical (unpaired) electrons. The van der Waals surface area contributed by atoms with Crippen LogP contribution in [0.15, 0.2) is 54.9 Å². The first kappa shape index (κ1) is 19.3. The summed E-state index contributed by atoms with van der Waals surface area (Å²) < 4.78 is 0. The molecule has 2 aromatic carbocycles. The van der Waals surface area contributed by atoms with Gasteiger partial charge in [0.05, 0.1) is 0 Å². The number of hydrogen-bond acceptors (Lipinski definition) is 5. The fraction of sp³-hybridized carbons (Fsp3) is 0.100. The van der Waals surface area contributed by atoms with Crippen molar-refractivity contribution in [3.63, 3.8) is 0 Å². The summed E-state index contributed by atoms with van der Waals surface area (Å²) in [4.78, 5) is 31.8. The number of carbonyl (C=O) groups excluding carboxylic acids is 2. The average molecular weight is 396 g/mol. The summed E-state index contributed by atoms with van der Waals surface area (Å²) in [7, 11) is 0. The van der Waals surface area contributed by atoms with E-state index in [9.17, 15) is 9.59 Å². The second-order valence-electron chi connectivity index (χ2n) is 6.04. The zero-order valence-corrected chi connectivity index (χ0v) is 16.0. The molecule has 0 unspecified atom stereocenters. The molecule has 142 valence electrons. The fourth-order valence-electron chi connectivity index (χ4n) is 2.47. The molecule has 28 heavy (non-hydrogen) atoms. The molecule has 0 spiro atoms. The Kier molecular flexibility index (Phi) is 5.86. The Labute approximate surface area is 167 Å². The lowest BCUT2D eigenvalue weighted by Gasteiger charge is -2.10. The minimum Gasteiger partial charge on any atom is -0.340 e. The van der Waals surface area contributed by atoms with Crippen LogP contribution in [0, 0.1) is 6.92 Å². The summed E-state index contributed by atoms with van der Waals surface area (Å²) in [6.07, 6.45) is 1.31. The van der Waals surface area contributed by atoms with E-state index < -0.39 is 0 Å². The molecule has 3 rings (SSSR count). The Bertz CT molecular complexity index is 1020. The molecule has 1 heterocycles. The van der Waals surface area contributed by atoms with Gasteiger partial charge in [0.1, 0.15) is 17.8 Å². The van der Waals surface area contributed by atoms with Gasteiger partial charge in [-0.25, -0.2) is 9.97 Å². The number of anilines is 4. The summed E-state index contributed by atoms with van der Waals surface area (Å²) in [5.41, 5.74) is 3.07. The molecule has 0 saturated carbocycles. The van der Waals surface area contributed by atoms with Crippen LogP contribution < -0.4 is 16.0 Å². The van der Waals surface area contributed by atoms with Crippen LogP contribution in [0.25, 0.3) is 0 Å². The predicted octanol–water partition coefficient (Wildman–Crippen LogP) is 4.39. The topological polar surface area (TPSA) is 96.0 Å². The number of nitrogens with zero attached hydrogens (tertiary/aromatic N) is 2. The van der Waals surface area contributed by atoms with Gasteiger partial charge in [-0.05, 0) is 48.9 Å². The summed E-state index contributed by atoms with van der Waals surface area (Å²) in [5.74, 6) is -0.0332. The molecule has 1 aromatic heterocycles. The highest BCUT2D eigenvalue weighted by atomic mass is 35.5. The maximum absolute atomic E-state index is 12.5. The Morgan fingerprint density at radius 1 is 0.964 bits per heavy atom. The van der Waals surface area contributed by atoms with Crippen molar-refractivity contribution in [1.29, 1.82) is 0 Å². The average Bonchev–Trinajstić information content (AvgIpc) is 2.67. The van der Waals surface area contributed by atoms with Gasteiger partial charge in [0, 0.05) is 35.1 Å². The van der Waals surface area contributed by atoms with E-state index in [-0.39, 0.29) is 17.5 Å². The van der Waals surface area contributed by atoms with Crippen LogP contribution in [-0.4, -0.2) is 21.8 Å². The van der Waals surface area contributed by atoms with Crippen LogP contribution in [0.3, 0.4) is 0 Å². The van der Waals surface area contributed by atoms with Gasteiger partial charge >= 0.3 is 0 Å². The van der Waals surface area contributed by atoms with Gasteiger partial charge in [0.25, 0.3) is 5.91 Å². The van der Waals surface area contributed by atoms with E-state index in [1.807, 2.05) is 6.92 Å². The second kappa shape index (κ2) is 8.49. The Morgan fingerprint density at radius 3 is 2.39 bits per heavy atom. The molecule has 0 aliphatic heterocycles. The van der Waals surface area contributed by atoms with Gasteiger partial charge in [-0.2, -0.15) is 0 Å². The molecule has 0 atom stereocenters. The van der Waals surface area contributed by atoms with Crippen molar-refractivity contribution >= 4 is 46.3 Å². The van der Waals surface area contributed by atoms with Crippen molar-refractivity contribution in [3.8, 4) is 0 Å². The highest BCUT2D eigenvalue weighted by Crippen LogP contribution is 2.23. The lowest BCUT2D eigenvalue weighted by molar-refractivity contribution is -0.114. The van der Waals surface area contributed by atoms with Gasteiger partial charge in [-0.1, -0.05) is 17.7 Å². The number of rotatable bonds is 5. The van der Waals surface area contributed by atoms with E-state index in [0.717, 1.165) is 11.3 Å². The van der Waals surface area contributed by atoms with Crippen LogP contribution in [0.5, 0.6) is 0 Å². The van der Waals surface area contributed by atoms with E-state index in [0.29, 0.717) is 22.2 Å². The highest BCUT2D eigenvalue weighted by Gasteiger charge is 2.12. The first-order chi connectivity index (χ1) is 13.4. The maximum atomic E-state index is 12.5. The van der Waals surface area contributed by atoms with Gasteiger partial charge in [-0.3, -0.25) is 9.59 Å². The monoisotopic (exact) mass is 395 g/mol. The Hall–Kier alpha value is -3.45. The van der Waals surface area contributed by atoms with Crippen LogP contribution >= 0.6 is 11.6 Å². The molecule has 2 amide bonds. The van der Waals surface area contributed by atoms with Crippen molar-refractivity contribution < 1.29 is 9.59 Å². The summed E-state index contributed by atoms with van der Waals surface area (Å²) in [6.45, 7) is 3.28. The molecular formula is C20H18ClN5O2. The minimum absolute atomic E-state index is 0.137. The number of amides is 2. The molecule has 7 nitrogen and oxygen atoms in total. The molecule has 0 bridgehead atoms. The number of hydrogen-bond donors (Lipinski definition) is 3. The van der Waals surface area contributed by atoms with Gasteiger partial charge in [-0.15, -0.1) is 0 Å². The highest BCUT2D eigenvalue weighted by molar-refractivity contribution is 6.31.